The van der Waals surface area contributed by atoms with E-state index >= 15 is 0 Å². The summed E-state index contributed by atoms with van der Waals surface area (Å²) in [6.07, 6.45) is 0.184. The summed E-state index contributed by atoms with van der Waals surface area (Å²) in [5.74, 6) is -0.651. The van der Waals surface area contributed by atoms with E-state index < -0.39 is 5.97 Å². The first-order valence-corrected chi connectivity index (χ1v) is 6.24. The Morgan fingerprint density at radius 3 is 3.06 bits per heavy atom. The van der Waals surface area contributed by atoms with Gasteiger partial charge in [0.25, 0.3) is 0 Å². The van der Waals surface area contributed by atoms with Crippen molar-refractivity contribution in [3.63, 3.8) is 0 Å². The Morgan fingerprint density at radius 1 is 1.53 bits per heavy atom. The molecule has 0 aliphatic heterocycles. The summed E-state index contributed by atoms with van der Waals surface area (Å²) in [6, 6.07) is 7.92. The Kier molecular flexibility index (Phi) is 3.58. The Morgan fingerprint density at radius 2 is 2.29 bits per heavy atom. The van der Waals surface area contributed by atoms with E-state index in [1.807, 2.05) is 31.2 Å². The maximum absolute atomic E-state index is 10.5. The number of carboxylic acids is 1. The first-order valence-electron chi connectivity index (χ1n) is 5.47. The summed E-state index contributed by atoms with van der Waals surface area (Å²) in [7, 11) is 0. The van der Waals surface area contributed by atoms with Crippen LogP contribution in [0, 0.1) is 5.92 Å². The molecule has 0 aliphatic carbocycles. The molecule has 1 heterocycles. The molecule has 0 radical (unpaired) electrons. The molecule has 2 rings (SSSR count). The van der Waals surface area contributed by atoms with E-state index in [1.54, 1.807) is 0 Å². The highest BCUT2D eigenvalue weighted by atomic mass is 32.1. The summed E-state index contributed by atoms with van der Waals surface area (Å²) in [5, 5.41) is 14.0. The first kappa shape index (κ1) is 11.9. The van der Waals surface area contributed by atoms with E-state index in [9.17, 15) is 4.79 Å². The van der Waals surface area contributed by atoms with E-state index in [2.05, 4.69) is 9.69 Å². The predicted octanol–water partition coefficient (Wildman–Crippen LogP) is 2.82. The number of anilines is 1. The van der Waals surface area contributed by atoms with Gasteiger partial charge >= 0.3 is 5.97 Å². The van der Waals surface area contributed by atoms with Gasteiger partial charge in [-0.25, -0.2) is 0 Å². The van der Waals surface area contributed by atoms with Gasteiger partial charge in [-0.1, -0.05) is 19.1 Å². The third-order valence-corrected chi connectivity index (χ3v) is 3.35. The van der Waals surface area contributed by atoms with Gasteiger partial charge in [0.05, 0.1) is 5.52 Å². The second kappa shape index (κ2) is 5.14. The second-order valence-electron chi connectivity index (χ2n) is 4.11. The zero-order valence-corrected chi connectivity index (χ0v) is 10.3. The number of nitrogens with zero attached hydrogens (tertiary/aromatic N) is 1. The molecule has 1 aromatic heterocycles. The zero-order valence-electron chi connectivity index (χ0n) is 9.51. The average molecular weight is 250 g/mol. The van der Waals surface area contributed by atoms with Gasteiger partial charge in [-0.05, 0) is 29.6 Å². The summed E-state index contributed by atoms with van der Waals surface area (Å²) in [6.45, 7) is 2.57. The van der Waals surface area contributed by atoms with E-state index in [-0.39, 0.29) is 12.3 Å². The van der Waals surface area contributed by atoms with Crippen molar-refractivity contribution >= 4 is 33.4 Å². The molecule has 0 spiro atoms. The Hall–Kier alpha value is -1.62. The quantitative estimate of drug-likeness (QED) is 0.856. The number of fused-ring (bicyclic) bond motifs is 1. The number of aromatic nitrogens is 1. The second-order valence-corrected chi connectivity index (χ2v) is 4.89. The molecule has 0 saturated heterocycles. The van der Waals surface area contributed by atoms with Crippen LogP contribution < -0.4 is 5.32 Å². The van der Waals surface area contributed by atoms with Gasteiger partial charge in [-0.2, -0.15) is 4.37 Å². The predicted molar refractivity (Wildman–Crippen MR) is 69.5 cm³/mol. The Balaban J connectivity index is 2.02. The number of hydrogen-bond acceptors (Lipinski definition) is 4. The highest BCUT2D eigenvalue weighted by molar-refractivity contribution is 7.11. The highest BCUT2D eigenvalue weighted by Crippen LogP contribution is 2.27. The van der Waals surface area contributed by atoms with Crippen molar-refractivity contribution < 1.29 is 9.90 Å². The average Bonchev–Trinajstić information content (AvgIpc) is 2.69. The number of rotatable bonds is 5. The van der Waals surface area contributed by atoms with Crippen LogP contribution in [0.15, 0.2) is 24.3 Å². The summed E-state index contributed by atoms with van der Waals surface area (Å²) in [5.41, 5.74) is 0.978. The smallest absolute Gasteiger partial charge is 0.303 e. The molecular formula is C12H14N2O2S. The lowest BCUT2D eigenvalue weighted by Crippen LogP contribution is -2.14. The number of benzene rings is 1. The SMILES string of the molecule is CC(CNc1snc2ccccc12)CC(=O)O. The fourth-order valence-electron chi connectivity index (χ4n) is 1.65. The molecular weight excluding hydrogens is 236 g/mol. The molecule has 0 fully saturated rings. The standard InChI is InChI=1S/C12H14N2O2S/c1-8(6-11(15)16)7-13-12-9-4-2-3-5-10(9)14-17-12/h2-5,8,13H,6-7H2,1H3,(H,15,16). The molecule has 2 aromatic rings. The van der Waals surface area contributed by atoms with Crippen LogP contribution in [0.25, 0.3) is 10.9 Å². The number of carbonyl (C=O) groups is 1. The minimum absolute atomic E-state index is 0.105. The maximum Gasteiger partial charge on any atom is 0.303 e. The van der Waals surface area contributed by atoms with Gasteiger partial charge in [0.2, 0.25) is 0 Å². The topological polar surface area (TPSA) is 62.2 Å². The molecule has 0 aliphatic rings. The summed E-state index contributed by atoms with van der Waals surface area (Å²) < 4.78 is 4.32. The van der Waals surface area contributed by atoms with Gasteiger partial charge in [-0.3, -0.25) is 4.79 Å². The molecule has 17 heavy (non-hydrogen) atoms. The van der Waals surface area contributed by atoms with E-state index in [0.29, 0.717) is 6.54 Å². The van der Waals surface area contributed by atoms with Crippen LogP contribution in [0.4, 0.5) is 5.00 Å². The third-order valence-electron chi connectivity index (χ3n) is 2.52. The molecule has 2 N–H and O–H groups in total. The Labute approximate surface area is 103 Å². The van der Waals surface area contributed by atoms with Gasteiger partial charge in [0.1, 0.15) is 5.00 Å². The van der Waals surface area contributed by atoms with Crippen molar-refractivity contribution in [3.05, 3.63) is 24.3 Å². The molecule has 90 valence electrons. The van der Waals surface area contributed by atoms with E-state index in [4.69, 9.17) is 5.11 Å². The monoisotopic (exact) mass is 250 g/mol. The lowest BCUT2D eigenvalue weighted by atomic mass is 10.1. The highest BCUT2D eigenvalue weighted by Gasteiger charge is 2.09. The van der Waals surface area contributed by atoms with Crippen molar-refractivity contribution in [1.82, 2.24) is 4.37 Å². The Bertz CT molecular complexity index is 524. The lowest BCUT2D eigenvalue weighted by Gasteiger charge is -2.09. The minimum atomic E-state index is -0.756. The van der Waals surface area contributed by atoms with Crippen molar-refractivity contribution in [2.45, 2.75) is 13.3 Å². The number of aliphatic carboxylic acids is 1. The van der Waals surface area contributed by atoms with Crippen molar-refractivity contribution in [3.8, 4) is 0 Å². The molecule has 1 aromatic carbocycles. The van der Waals surface area contributed by atoms with Crippen LogP contribution in [0.2, 0.25) is 0 Å². The largest absolute Gasteiger partial charge is 0.481 e. The van der Waals surface area contributed by atoms with Crippen LogP contribution in [-0.2, 0) is 4.79 Å². The molecule has 0 bridgehead atoms. The summed E-state index contributed by atoms with van der Waals surface area (Å²) >= 11 is 1.42. The lowest BCUT2D eigenvalue weighted by molar-refractivity contribution is -0.137. The van der Waals surface area contributed by atoms with E-state index in [0.717, 1.165) is 15.9 Å². The third kappa shape index (κ3) is 2.94. The molecule has 1 unspecified atom stereocenters. The molecule has 0 saturated carbocycles. The fourth-order valence-corrected chi connectivity index (χ4v) is 2.42. The number of nitrogens with one attached hydrogen (secondary N) is 1. The van der Waals surface area contributed by atoms with Gasteiger partial charge in [0.15, 0.2) is 0 Å². The molecule has 5 heteroatoms. The first-order chi connectivity index (χ1) is 8.16. The van der Waals surface area contributed by atoms with Gasteiger partial charge < -0.3 is 10.4 Å². The molecule has 4 nitrogen and oxygen atoms in total. The number of carboxylic acid groups (broad SMARTS) is 1. The van der Waals surface area contributed by atoms with Crippen molar-refractivity contribution in [2.75, 3.05) is 11.9 Å². The normalized spacial score (nSPS) is 12.5. The van der Waals surface area contributed by atoms with Crippen LogP contribution >= 0.6 is 11.5 Å². The summed E-state index contributed by atoms with van der Waals surface area (Å²) in [4.78, 5) is 10.5. The molecule has 0 amide bonds. The fraction of sp³-hybridized carbons (Fsp3) is 0.333. The van der Waals surface area contributed by atoms with E-state index in [1.165, 1.54) is 11.5 Å². The van der Waals surface area contributed by atoms with Crippen LogP contribution in [-0.4, -0.2) is 22.0 Å². The minimum Gasteiger partial charge on any atom is -0.481 e. The number of hydrogen-bond donors (Lipinski definition) is 2. The van der Waals surface area contributed by atoms with Crippen molar-refractivity contribution in [2.24, 2.45) is 5.92 Å². The van der Waals surface area contributed by atoms with Crippen LogP contribution in [0.3, 0.4) is 0 Å². The van der Waals surface area contributed by atoms with Crippen LogP contribution in [0.5, 0.6) is 0 Å². The molecule has 1 atom stereocenters. The van der Waals surface area contributed by atoms with Gasteiger partial charge in [0, 0.05) is 18.4 Å². The van der Waals surface area contributed by atoms with Gasteiger partial charge in [-0.15, -0.1) is 0 Å². The zero-order chi connectivity index (χ0) is 12.3. The van der Waals surface area contributed by atoms with Crippen molar-refractivity contribution in [1.29, 1.82) is 0 Å². The van der Waals surface area contributed by atoms with Crippen LogP contribution in [0.1, 0.15) is 13.3 Å². The maximum atomic E-state index is 10.5.